The predicted octanol–water partition coefficient (Wildman–Crippen LogP) is 2.93. The quantitative estimate of drug-likeness (QED) is 0.593. The van der Waals surface area contributed by atoms with Crippen LogP contribution in [0.25, 0.3) is 11.4 Å². The molecule has 142 valence electrons. The average molecular weight is 399 g/mol. The Labute approximate surface area is 152 Å². The summed E-state index contributed by atoms with van der Waals surface area (Å²) in [4.78, 5) is 3.93. The van der Waals surface area contributed by atoms with E-state index in [1.54, 1.807) is 7.05 Å². The number of benzene rings is 2. The smallest absolute Gasteiger partial charge is 0.488 e. The number of ether oxygens (including phenoxy) is 1. The van der Waals surface area contributed by atoms with Crippen LogP contribution in [-0.2, 0) is 24.2 Å². The fourth-order valence-electron chi connectivity index (χ4n) is 2.29. The summed E-state index contributed by atoms with van der Waals surface area (Å²) in [6, 6.07) is 7.05. The van der Waals surface area contributed by atoms with E-state index in [0.717, 1.165) is 24.3 Å². The van der Waals surface area contributed by atoms with Gasteiger partial charge >= 0.3 is 10.5 Å². The van der Waals surface area contributed by atoms with E-state index >= 15 is 0 Å². The summed E-state index contributed by atoms with van der Waals surface area (Å²) in [5.74, 6) is -1.43. The number of hydrogen-bond donors (Lipinski definition) is 0. The topological polar surface area (TPSA) is 83.3 Å². The molecular formula is C16H12F3N3O4S. The maximum Gasteiger partial charge on any atom is 0.488 e. The molecule has 0 spiro atoms. The van der Waals surface area contributed by atoms with E-state index in [4.69, 9.17) is 4.74 Å². The summed E-state index contributed by atoms with van der Waals surface area (Å²) in [5.41, 5.74) is -0.0738. The molecule has 0 radical (unpaired) electrons. The number of halogens is 3. The van der Waals surface area contributed by atoms with Crippen molar-refractivity contribution in [2.45, 2.75) is 6.61 Å². The summed E-state index contributed by atoms with van der Waals surface area (Å²) in [6.45, 7) is -0.418. The third-order valence-corrected chi connectivity index (χ3v) is 3.90. The largest absolute Gasteiger partial charge is 0.489 e. The van der Waals surface area contributed by atoms with Crippen LogP contribution in [0.15, 0.2) is 42.7 Å². The minimum atomic E-state index is -5.13. The second kappa shape index (κ2) is 7.27. The van der Waals surface area contributed by atoms with Crippen LogP contribution in [0.4, 0.5) is 12.7 Å². The van der Waals surface area contributed by atoms with Crippen molar-refractivity contribution in [3.05, 3.63) is 59.9 Å². The van der Waals surface area contributed by atoms with Crippen molar-refractivity contribution in [3.63, 3.8) is 0 Å². The third kappa shape index (κ3) is 4.56. The van der Waals surface area contributed by atoms with Crippen molar-refractivity contribution in [2.75, 3.05) is 0 Å². The molecule has 1 heterocycles. The van der Waals surface area contributed by atoms with E-state index in [-0.39, 0.29) is 22.6 Å². The normalized spacial score (nSPS) is 11.4. The molecule has 7 nitrogen and oxygen atoms in total. The molecule has 0 saturated carbocycles. The van der Waals surface area contributed by atoms with Gasteiger partial charge in [0.25, 0.3) is 0 Å². The molecule has 3 aromatic rings. The first-order valence-electron chi connectivity index (χ1n) is 7.42. The molecule has 0 aliphatic heterocycles. The Morgan fingerprint density at radius 1 is 1.07 bits per heavy atom. The molecule has 0 fully saturated rings. The molecule has 3 rings (SSSR count). The zero-order valence-corrected chi connectivity index (χ0v) is 14.6. The van der Waals surface area contributed by atoms with Gasteiger partial charge in [-0.15, -0.1) is 0 Å². The van der Waals surface area contributed by atoms with Crippen LogP contribution in [0.1, 0.15) is 5.56 Å². The molecule has 0 saturated heterocycles. The number of aromatic nitrogens is 3. The summed E-state index contributed by atoms with van der Waals surface area (Å²) in [5, 5.41) is 3.84. The molecular weight excluding hydrogens is 387 g/mol. The van der Waals surface area contributed by atoms with Crippen molar-refractivity contribution in [1.82, 2.24) is 14.8 Å². The van der Waals surface area contributed by atoms with E-state index in [1.807, 2.05) is 0 Å². The number of rotatable bonds is 6. The Bertz CT molecular complexity index is 1050. The Morgan fingerprint density at radius 3 is 2.19 bits per heavy atom. The Morgan fingerprint density at radius 2 is 1.67 bits per heavy atom. The maximum atomic E-state index is 14.3. The van der Waals surface area contributed by atoms with Crippen LogP contribution < -0.4 is 8.92 Å². The molecule has 0 unspecified atom stereocenters. The predicted molar refractivity (Wildman–Crippen MR) is 87.8 cm³/mol. The lowest BCUT2D eigenvalue weighted by Gasteiger charge is -2.10. The van der Waals surface area contributed by atoms with E-state index in [1.165, 1.54) is 23.1 Å². The van der Waals surface area contributed by atoms with Gasteiger partial charge in [-0.25, -0.2) is 18.4 Å². The van der Waals surface area contributed by atoms with Crippen molar-refractivity contribution < 1.29 is 30.0 Å². The average Bonchev–Trinajstić information content (AvgIpc) is 3.00. The Kier molecular flexibility index (Phi) is 5.04. The van der Waals surface area contributed by atoms with E-state index < -0.39 is 28.7 Å². The fraction of sp³-hybridized carbons (Fsp3) is 0.125. The van der Waals surface area contributed by atoms with Gasteiger partial charge in [-0.3, -0.25) is 0 Å². The summed E-state index contributed by atoms with van der Waals surface area (Å²) >= 11 is 0. The fourth-order valence-corrected chi connectivity index (χ4v) is 2.63. The van der Waals surface area contributed by atoms with Crippen LogP contribution in [0, 0.1) is 11.6 Å². The highest BCUT2D eigenvalue weighted by Crippen LogP contribution is 2.25. The van der Waals surface area contributed by atoms with Gasteiger partial charge in [0.1, 0.15) is 36.1 Å². The van der Waals surface area contributed by atoms with Gasteiger partial charge in [-0.05, 0) is 36.4 Å². The monoisotopic (exact) mass is 399 g/mol. The highest BCUT2D eigenvalue weighted by Gasteiger charge is 2.15. The van der Waals surface area contributed by atoms with Crippen LogP contribution >= 0.6 is 0 Å². The third-order valence-electron chi connectivity index (χ3n) is 3.51. The number of nitrogens with zero attached hydrogens (tertiary/aromatic N) is 3. The molecule has 1 aromatic heterocycles. The van der Waals surface area contributed by atoms with E-state index in [2.05, 4.69) is 14.3 Å². The van der Waals surface area contributed by atoms with E-state index in [0.29, 0.717) is 5.82 Å². The van der Waals surface area contributed by atoms with Gasteiger partial charge in [0.15, 0.2) is 5.82 Å². The molecule has 0 N–H and O–H groups in total. The lowest BCUT2D eigenvalue weighted by atomic mass is 10.1. The molecule has 0 bridgehead atoms. The SMILES string of the molecule is Cn1ncnc1-c1cc(F)c(COc2ccc(OS(=O)(=O)F)cc2)c(F)c1. The maximum absolute atomic E-state index is 14.3. The van der Waals surface area contributed by atoms with Gasteiger partial charge in [0.2, 0.25) is 0 Å². The van der Waals surface area contributed by atoms with Gasteiger partial charge in [-0.1, -0.05) is 3.89 Å². The molecule has 27 heavy (non-hydrogen) atoms. The molecule has 0 amide bonds. The zero-order chi connectivity index (χ0) is 19.6. The molecule has 11 heteroatoms. The van der Waals surface area contributed by atoms with Gasteiger partial charge < -0.3 is 8.92 Å². The number of aryl methyl sites for hydroxylation is 1. The second-order valence-electron chi connectivity index (χ2n) is 5.36. The van der Waals surface area contributed by atoms with Crippen LogP contribution in [0.2, 0.25) is 0 Å². The first-order valence-corrected chi connectivity index (χ1v) is 8.73. The van der Waals surface area contributed by atoms with Crippen molar-refractivity contribution in [2.24, 2.45) is 7.05 Å². The number of hydrogen-bond acceptors (Lipinski definition) is 6. The highest BCUT2D eigenvalue weighted by molar-refractivity contribution is 7.81. The molecule has 2 aromatic carbocycles. The lowest BCUT2D eigenvalue weighted by molar-refractivity contribution is 0.292. The van der Waals surface area contributed by atoms with Gasteiger partial charge in [0, 0.05) is 12.6 Å². The minimum Gasteiger partial charge on any atom is -0.489 e. The first-order chi connectivity index (χ1) is 12.7. The minimum absolute atomic E-state index is 0.176. The molecule has 0 aliphatic carbocycles. The zero-order valence-electron chi connectivity index (χ0n) is 13.8. The highest BCUT2D eigenvalue weighted by atomic mass is 32.3. The van der Waals surface area contributed by atoms with Crippen molar-refractivity contribution in [3.8, 4) is 22.9 Å². The van der Waals surface area contributed by atoms with Crippen molar-refractivity contribution >= 4 is 10.5 Å². The Hall–Kier alpha value is -3.08. The van der Waals surface area contributed by atoms with Gasteiger partial charge in [-0.2, -0.15) is 13.5 Å². The van der Waals surface area contributed by atoms with E-state index in [9.17, 15) is 21.1 Å². The summed E-state index contributed by atoms with van der Waals surface area (Å²) in [7, 11) is -3.54. The van der Waals surface area contributed by atoms with Crippen LogP contribution in [0.5, 0.6) is 11.5 Å². The summed E-state index contributed by atoms with van der Waals surface area (Å²) < 4.78 is 72.5. The molecule has 0 aliphatic rings. The van der Waals surface area contributed by atoms with Crippen LogP contribution in [0.3, 0.4) is 0 Å². The second-order valence-corrected chi connectivity index (χ2v) is 6.32. The van der Waals surface area contributed by atoms with Crippen molar-refractivity contribution in [1.29, 1.82) is 0 Å². The lowest BCUT2D eigenvalue weighted by Crippen LogP contribution is -2.04. The standard InChI is InChI=1S/C16H12F3N3O4S/c1-22-16(20-9-21-22)10-6-14(17)13(15(18)7-10)8-25-11-2-4-12(5-3-11)26-27(19,23)24/h2-7,9H,8H2,1H3. The van der Waals surface area contributed by atoms with Crippen LogP contribution in [-0.4, -0.2) is 23.2 Å². The first kappa shape index (κ1) is 18.7. The van der Waals surface area contributed by atoms with Gasteiger partial charge in [0.05, 0.1) is 5.56 Å². The summed E-state index contributed by atoms with van der Waals surface area (Å²) in [6.07, 6.45) is 1.27. The molecule has 0 atom stereocenters. The Balaban J connectivity index is 1.74.